The predicted octanol–water partition coefficient (Wildman–Crippen LogP) is 3.63. The number of nitrogens with zero attached hydrogens (tertiary/aromatic N) is 1. The van der Waals surface area contributed by atoms with Gasteiger partial charge in [-0.05, 0) is 50.8 Å². The molecule has 0 spiro atoms. The van der Waals surface area contributed by atoms with E-state index in [0.717, 1.165) is 12.1 Å². The number of aromatic nitrogens is 1. The minimum Gasteiger partial charge on any atom is -0.598 e. The summed E-state index contributed by atoms with van der Waals surface area (Å²) >= 11 is -1.30. The van der Waals surface area contributed by atoms with Gasteiger partial charge in [0.1, 0.15) is 4.75 Å². The Balaban J connectivity index is 2.51. The smallest absolute Gasteiger partial charge is 0.221 e. The first-order valence-corrected chi connectivity index (χ1v) is 8.29. The molecule has 126 valence electrons. The third kappa shape index (κ3) is 3.73. The van der Waals surface area contributed by atoms with E-state index in [2.05, 4.69) is 9.71 Å². The molecule has 7 heteroatoms. The summed E-state index contributed by atoms with van der Waals surface area (Å²) in [7, 11) is 1.42. The van der Waals surface area contributed by atoms with Crippen LogP contribution in [0.1, 0.15) is 39.3 Å². The van der Waals surface area contributed by atoms with Gasteiger partial charge in [0, 0.05) is 22.9 Å². The van der Waals surface area contributed by atoms with E-state index < -0.39 is 27.7 Å². The van der Waals surface area contributed by atoms with Gasteiger partial charge in [-0.1, -0.05) is 0 Å². The van der Waals surface area contributed by atoms with Crippen molar-refractivity contribution >= 4 is 22.1 Å². The molecule has 2 atom stereocenters. The molecule has 0 bridgehead atoms. The lowest BCUT2D eigenvalue weighted by molar-refractivity contribution is 0.402. The fraction of sp³-hybridized carbons (Fsp3) is 0.438. The third-order valence-corrected chi connectivity index (χ3v) is 5.10. The molecule has 1 aromatic carbocycles. The van der Waals surface area contributed by atoms with Crippen LogP contribution in [0.15, 0.2) is 18.3 Å². The van der Waals surface area contributed by atoms with E-state index in [-0.39, 0.29) is 11.9 Å². The normalized spacial score (nSPS) is 14.8. The topological polar surface area (TPSA) is 57.2 Å². The maximum absolute atomic E-state index is 13.7. The van der Waals surface area contributed by atoms with Gasteiger partial charge in [-0.25, -0.2) is 13.8 Å². The Morgan fingerprint density at radius 3 is 2.30 bits per heavy atom. The number of ether oxygens (including phenoxy) is 1. The molecule has 0 aliphatic carbocycles. The lowest BCUT2D eigenvalue weighted by Gasteiger charge is -2.27. The van der Waals surface area contributed by atoms with Crippen molar-refractivity contribution in [2.75, 3.05) is 7.11 Å². The maximum Gasteiger partial charge on any atom is 0.221 e. The Morgan fingerprint density at radius 2 is 1.78 bits per heavy atom. The van der Waals surface area contributed by atoms with E-state index in [0.29, 0.717) is 16.3 Å². The molecule has 0 saturated heterocycles. The number of hydrogen-bond acceptors (Lipinski definition) is 4. The number of hydrogen-bond donors (Lipinski definition) is 1. The average Bonchev–Trinajstić information content (AvgIpc) is 2.46. The molecule has 1 aromatic heterocycles. The summed E-state index contributed by atoms with van der Waals surface area (Å²) in [4.78, 5) is 4.14. The van der Waals surface area contributed by atoms with Crippen molar-refractivity contribution in [3.8, 4) is 5.88 Å². The van der Waals surface area contributed by atoms with Crippen LogP contribution in [0.5, 0.6) is 5.88 Å². The standard InChI is InChI=1S/C16H20F2N2O2S/c1-9(20-23(21)16(2,3)4)12-8-19-15(22-5)11-7-14(18)13(17)6-10(11)12/h6-9,20H,1-5H3/t9-,23-/m0/s1. The van der Waals surface area contributed by atoms with Gasteiger partial charge in [-0.3, -0.25) is 0 Å². The van der Waals surface area contributed by atoms with Crippen LogP contribution in [0.4, 0.5) is 8.78 Å². The number of halogens is 2. The first-order valence-electron chi connectivity index (χ1n) is 7.15. The third-order valence-electron chi connectivity index (χ3n) is 3.42. The molecule has 4 nitrogen and oxygen atoms in total. The van der Waals surface area contributed by atoms with Crippen molar-refractivity contribution in [2.24, 2.45) is 0 Å². The minimum absolute atomic E-state index is 0.215. The van der Waals surface area contributed by atoms with E-state index in [1.165, 1.54) is 13.3 Å². The van der Waals surface area contributed by atoms with Gasteiger partial charge in [0.15, 0.2) is 11.6 Å². The van der Waals surface area contributed by atoms with Gasteiger partial charge in [0.05, 0.1) is 13.2 Å². The molecule has 2 rings (SSSR count). The molecule has 1 heterocycles. The maximum atomic E-state index is 13.7. The molecule has 23 heavy (non-hydrogen) atoms. The predicted molar refractivity (Wildman–Crippen MR) is 87.7 cm³/mol. The van der Waals surface area contributed by atoms with Crippen molar-refractivity contribution in [3.63, 3.8) is 0 Å². The summed E-state index contributed by atoms with van der Waals surface area (Å²) in [5.74, 6) is -1.70. The quantitative estimate of drug-likeness (QED) is 0.862. The number of methoxy groups -OCH3 is 1. The molecule has 2 aromatic rings. The van der Waals surface area contributed by atoms with Crippen molar-refractivity contribution < 1.29 is 18.1 Å². The Morgan fingerprint density at radius 1 is 1.22 bits per heavy atom. The Kier molecular flexibility index (Phi) is 5.13. The molecule has 0 aliphatic heterocycles. The van der Waals surface area contributed by atoms with E-state index in [1.54, 1.807) is 6.92 Å². The number of benzene rings is 1. The van der Waals surface area contributed by atoms with Crippen LogP contribution in [-0.4, -0.2) is 21.4 Å². The van der Waals surface area contributed by atoms with Crippen LogP contribution in [0.3, 0.4) is 0 Å². The van der Waals surface area contributed by atoms with Crippen LogP contribution in [0.25, 0.3) is 10.8 Å². The highest BCUT2D eigenvalue weighted by Gasteiger charge is 2.29. The molecule has 0 unspecified atom stereocenters. The molecule has 0 fully saturated rings. The summed E-state index contributed by atoms with van der Waals surface area (Å²) in [5, 5.41) is 0.848. The van der Waals surface area contributed by atoms with E-state index in [9.17, 15) is 13.3 Å². The second-order valence-electron chi connectivity index (χ2n) is 6.26. The summed E-state index contributed by atoms with van der Waals surface area (Å²) in [5.41, 5.74) is 0.622. The number of nitrogens with one attached hydrogen (secondary N) is 1. The highest BCUT2D eigenvalue weighted by molar-refractivity contribution is 7.90. The van der Waals surface area contributed by atoms with E-state index in [1.807, 2.05) is 20.8 Å². The van der Waals surface area contributed by atoms with Crippen molar-refractivity contribution in [1.29, 1.82) is 0 Å². The zero-order chi connectivity index (χ0) is 17.4. The summed E-state index contributed by atoms with van der Waals surface area (Å²) in [6.07, 6.45) is 1.52. The molecule has 0 aliphatic rings. The van der Waals surface area contributed by atoms with Gasteiger partial charge < -0.3 is 9.29 Å². The average molecular weight is 342 g/mol. The van der Waals surface area contributed by atoms with Crippen molar-refractivity contribution in [1.82, 2.24) is 9.71 Å². The lowest BCUT2D eigenvalue weighted by Crippen LogP contribution is -2.40. The first kappa shape index (κ1) is 17.9. The lowest BCUT2D eigenvalue weighted by atomic mass is 10.0. The summed E-state index contributed by atoms with van der Waals surface area (Å²) < 4.78 is 47.1. The largest absolute Gasteiger partial charge is 0.598 e. The van der Waals surface area contributed by atoms with Crippen LogP contribution in [-0.2, 0) is 11.4 Å². The summed E-state index contributed by atoms with van der Waals surface area (Å²) in [6, 6.07) is 1.82. The van der Waals surface area contributed by atoms with E-state index in [4.69, 9.17) is 4.74 Å². The first-order chi connectivity index (χ1) is 10.6. The van der Waals surface area contributed by atoms with Crippen LogP contribution in [0, 0.1) is 11.6 Å². The molecular weight excluding hydrogens is 322 g/mol. The minimum atomic E-state index is -1.30. The Bertz CT molecular complexity index is 719. The van der Waals surface area contributed by atoms with Gasteiger partial charge >= 0.3 is 0 Å². The Labute approximate surface area is 137 Å². The number of rotatable bonds is 4. The van der Waals surface area contributed by atoms with Crippen LogP contribution >= 0.6 is 0 Å². The van der Waals surface area contributed by atoms with Crippen molar-refractivity contribution in [2.45, 2.75) is 38.5 Å². The highest BCUT2D eigenvalue weighted by Crippen LogP contribution is 2.32. The molecular formula is C16H20F2N2O2S. The van der Waals surface area contributed by atoms with Crippen molar-refractivity contribution in [3.05, 3.63) is 35.5 Å². The fourth-order valence-corrected chi connectivity index (χ4v) is 2.94. The van der Waals surface area contributed by atoms with Gasteiger partial charge in [0.2, 0.25) is 5.88 Å². The molecule has 0 radical (unpaired) electrons. The molecule has 0 amide bonds. The summed E-state index contributed by atoms with van der Waals surface area (Å²) in [6.45, 7) is 7.35. The molecule has 0 saturated carbocycles. The van der Waals surface area contributed by atoms with Gasteiger partial charge in [-0.2, -0.15) is 0 Å². The SMILES string of the molecule is COc1ncc([C@H](C)N[S@@+]([O-])C(C)(C)C)c2cc(F)c(F)cc12. The zero-order valence-corrected chi connectivity index (χ0v) is 14.6. The highest BCUT2D eigenvalue weighted by atomic mass is 32.2. The second kappa shape index (κ2) is 6.59. The monoisotopic (exact) mass is 342 g/mol. The second-order valence-corrected chi connectivity index (χ2v) is 8.25. The number of fused-ring (bicyclic) bond motifs is 1. The van der Waals surface area contributed by atoms with E-state index >= 15 is 0 Å². The zero-order valence-electron chi connectivity index (χ0n) is 13.7. The van der Waals surface area contributed by atoms with Gasteiger partial charge in [0.25, 0.3) is 0 Å². The fourth-order valence-electron chi connectivity index (χ4n) is 2.14. The molecule has 1 N–H and O–H groups in total. The van der Waals surface area contributed by atoms with Crippen LogP contribution < -0.4 is 9.46 Å². The van der Waals surface area contributed by atoms with Gasteiger partial charge in [-0.15, -0.1) is 4.72 Å². The number of pyridine rings is 1. The van der Waals surface area contributed by atoms with Crippen LogP contribution in [0.2, 0.25) is 0 Å². The Hall–Kier alpha value is -1.44.